The molecule has 4 nitrogen and oxygen atoms in total. The third kappa shape index (κ3) is 3.64. The van der Waals surface area contributed by atoms with Gasteiger partial charge in [-0.2, -0.15) is 13.5 Å². The predicted molar refractivity (Wildman–Crippen MR) is 78.5 cm³/mol. The van der Waals surface area contributed by atoms with Gasteiger partial charge in [-0.25, -0.2) is 9.22 Å². The maximum Gasteiger partial charge on any atom is 0.276 e. The summed E-state index contributed by atoms with van der Waals surface area (Å²) in [6.45, 7) is 0. The van der Waals surface area contributed by atoms with Crippen LogP contribution in [-0.4, -0.2) is 14.6 Å². The molecule has 0 aliphatic heterocycles. The van der Waals surface area contributed by atoms with Crippen LogP contribution in [0.1, 0.15) is 5.56 Å². The van der Waals surface area contributed by atoms with E-state index in [-0.39, 0.29) is 10.5 Å². The van der Waals surface area contributed by atoms with E-state index in [1.807, 2.05) is 4.83 Å². The number of hydrogen-bond donors (Lipinski definition) is 1. The Morgan fingerprint density at radius 3 is 2.40 bits per heavy atom. The van der Waals surface area contributed by atoms with Crippen molar-refractivity contribution in [2.75, 3.05) is 0 Å². The number of benzene rings is 2. The van der Waals surface area contributed by atoms with Crippen LogP contribution >= 0.6 is 15.9 Å². The minimum absolute atomic E-state index is 0.0754. The summed E-state index contributed by atoms with van der Waals surface area (Å²) >= 11 is 3.22. The molecule has 0 fully saturated rings. The fraction of sp³-hybridized carbons (Fsp3) is 0. The van der Waals surface area contributed by atoms with Gasteiger partial charge >= 0.3 is 0 Å². The lowest BCUT2D eigenvalue weighted by atomic mass is 10.2. The van der Waals surface area contributed by atoms with Gasteiger partial charge in [-0.3, -0.25) is 0 Å². The van der Waals surface area contributed by atoms with Crippen LogP contribution in [0.5, 0.6) is 0 Å². The largest absolute Gasteiger partial charge is 0.276 e. The molecule has 20 heavy (non-hydrogen) atoms. The zero-order chi connectivity index (χ0) is 14.6. The summed E-state index contributed by atoms with van der Waals surface area (Å²) in [4.78, 5) is 2.11. The summed E-state index contributed by atoms with van der Waals surface area (Å²) in [7, 11) is -3.75. The Labute approximate surface area is 124 Å². The Morgan fingerprint density at radius 2 is 1.75 bits per heavy atom. The molecular formula is C13H10BrFN2O2S. The van der Waals surface area contributed by atoms with E-state index < -0.39 is 15.8 Å². The first-order valence-electron chi connectivity index (χ1n) is 5.54. The molecule has 2 aromatic rings. The fourth-order valence-corrected chi connectivity index (χ4v) is 2.47. The monoisotopic (exact) mass is 356 g/mol. The molecule has 1 N–H and O–H groups in total. The Morgan fingerprint density at radius 1 is 1.10 bits per heavy atom. The Bertz CT molecular complexity index is 730. The van der Waals surface area contributed by atoms with Gasteiger partial charge in [0, 0.05) is 10.0 Å². The van der Waals surface area contributed by atoms with Gasteiger partial charge in [0.25, 0.3) is 10.0 Å². The number of hydrazone groups is 1. The second kappa shape index (κ2) is 6.15. The molecule has 0 heterocycles. The zero-order valence-corrected chi connectivity index (χ0v) is 12.5. The molecule has 0 bridgehead atoms. The van der Waals surface area contributed by atoms with Crippen molar-refractivity contribution in [3.05, 3.63) is 64.4 Å². The van der Waals surface area contributed by atoms with Gasteiger partial charge in [0.15, 0.2) is 0 Å². The lowest BCUT2D eigenvalue weighted by molar-refractivity contribution is 0.584. The average molecular weight is 357 g/mol. The smallest absolute Gasteiger partial charge is 0.206 e. The summed E-state index contributed by atoms with van der Waals surface area (Å²) in [6.07, 6.45) is 1.12. The van der Waals surface area contributed by atoms with Crippen molar-refractivity contribution in [1.29, 1.82) is 0 Å². The molecule has 0 aliphatic carbocycles. The number of nitrogens with one attached hydrogen (secondary N) is 1. The second-order valence-electron chi connectivity index (χ2n) is 3.83. The molecule has 0 atom stereocenters. The molecular weight excluding hydrogens is 347 g/mol. The molecule has 0 saturated carbocycles. The quantitative estimate of drug-likeness (QED) is 0.676. The van der Waals surface area contributed by atoms with Crippen molar-refractivity contribution in [3.8, 4) is 0 Å². The van der Waals surface area contributed by atoms with Crippen LogP contribution in [0.3, 0.4) is 0 Å². The standard InChI is InChI=1S/C13H10BrFN2O2S/c14-11-5-7-12(8-6-11)20(18,19)17-16-9-10-3-1-2-4-13(10)15/h1-9,17H/b16-9+. The molecule has 0 aliphatic rings. The maximum absolute atomic E-state index is 13.3. The first-order chi connectivity index (χ1) is 9.49. The molecule has 104 valence electrons. The molecule has 0 radical (unpaired) electrons. The summed E-state index contributed by atoms with van der Waals surface area (Å²) in [5.41, 5.74) is 0.200. The maximum atomic E-state index is 13.3. The average Bonchev–Trinajstić information content (AvgIpc) is 2.41. The van der Waals surface area contributed by atoms with Gasteiger partial charge in [0.1, 0.15) is 5.82 Å². The van der Waals surface area contributed by atoms with E-state index in [4.69, 9.17) is 0 Å². The Balaban J connectivity index is 2.14. The van der Waals surface area contributed by atoms with Crippen molar-refractivity contribution < 1.29 is 12.8 Å². The Kier molecular flexibility index (Phi) is 4.51. The van der Waals surface area contributed by atoms with Gasteiger partial charge in [-0.1, -0.05) is 34.1 Å². The highest BCUT2D eigenvalue weighted by Crippen LogP contribution is 2.14. The van der Waals surface area contributed by atoms with Crippen molar-refractivity contribution in [3.63, 3.8) is 0 Å². The molecule has 0 spiro atoms. The summed E-state index contributed by atoms with van der Waals surface area (Å²) in [5, 5.41) is 3.56. The molecule has 2 aromatic carbocycles. The van der Waals surface area contributed by atoms with Crippen LogP contribution < -0.4 is 4.83 Å². The zero-order valence-electron chi connectivity index (χ0n) is 10.1. The van der Waals surface area contributed by atoms with Crippen LogP contribution in [0.15, 0.2) is 63.0 Å². The highest BCUT2D eigenvalue weighted by atomic mass is 79.9. The van der Waals surface area contributed by atoms with E-state index in [9.17, 15) is 12.8 Å². The predicted octanol–water partition coefficient (Wildman–Crippen LogP) is 2.90. The van der Waals surface area contributed by atoms with Gasteiger partial charge in [0.05, 0.1) is 11.1 Å². The minimum Gasteiger partial charge on any atom is -0.206 e. The SMILES string of the molecule is O=S(=O)(N/N=C/c1ccccc1F)c1ccc(Br)cc1. The number of hydrogen-bond acceptors (Lipinski definition) is 3. The summed E-state index contributed by atoms with van der Waals surface area (Å²) in [5.74, 6) is -0.473. The van der Waals surface area contributed by atoms with Gasteiger partial charge in [-0.05, 0) is 30.3 Å². The molecule has 0 saturated heterocycles. The molecule has 0 unspecified atom stereocenters. The highest BCUT2D eigenvalue weighted by Gasteiger charge is 2.11. The van der Waals surface area contributed by atoms with E-state index in [0.717, 1.165) is 10.7 Å². The van der Waals surface area contributed by atoms with Crippen molar-refractivity contribution in [2.24, 2.45) is 5.10 Å². The van der Waals surface area contributed by atoms with E-state index >= 15 is 0 Å². The summed E-state index contributed by atoms with van der Waals surface area (Å²) < 4.78 is 37.8. The fourth-order valence-electron chi connectivity index (χ4n) is 1.41. The first kappa shape index (κ1) is 14.7. The lowest BCUT2D eigenvalue weighted by Crippen LogP contribution is -2.18. The number of nitrogens with zero attached hydrogens (tertiary/aromatic N) is 1. The number of sulfonamides is 1. The first-order valence-corrected chi connectivity index (χ1v) is 7.81. The van der Waals surface area contributed by atoms with Crippen LogP contribution in [0, 0.1) is 5.82 Å². The molecule has 0 amide bonds. The van der Waals surface area contributed by atoms with Crippen LogP contribution in [0.2, 0.25) is 0 Å². The van der Waals surface area contributed by atoms with Crippen molar-refractivity contribution in [2.45, 2.75) is 4.90 Å². The van der Waals surface area contributed by atoms with Crippen LogP contribution in [-0.2, 0) is 10.0 Å². The van der Waals surface area contributed by atoms with E-state index in [1.54, 1.807) is 24.3 Å². The van der Waals surface area contributed by atoms with Gasteiger partial charge in [-0.15, -0.1) is 0 Å². The summed E-state index contributed by atoms with van der Waals surface area (Å²) in [6, 6.07) is 12.0. The molecule has 7 heteroatoms. The number of rotatable bonds is 4. The topological polar surface area (TPSA) is 58.5 Å². The van der Waals surface area contributed by atoms with Crippen LogP contribution in [0.25, 0.3) is 0 Å². The third-order valence-corrected chi connectivity index (χ3v) is 4.17. The second-order valence-corrected chi connectivity index (χ2v) is 6.40. The molecule has 0 aromatic heterocycles. The van der Waals surface area contributed by atoms with Crippen molar-refractivity contribution >= 4 is 32.2 Å². The van der Waals surface area contributed by atoms with Crippen molar-refractivity contribution in [1.82, 2.24) is 4.83 Å². The highest BCUT2D eigenvalue weighted by molar-refractivity contribution is 9.10. The number of halogens is 2. The van der Waals surface area contributed by atoms with Gasteiger partial charge in [0.2, 0.25) is 0 Å². The van der Waals surface area contributed by atoms with E-state index in [0.29, 0.717) is 0 Å². The normalized spacial score (nSPS) is 11.7. The van der Waals surface area contributed by atoms with Gasteiger partial charge < -0.3 is 0 Å². The van der Waals surface area contributed by atoms with Crippen LogP contribution in [0.4, 0.5) is 4.39 Å². The van der Waals surface area contributed by atoms with E-state index in [2.05, 4.69) is 21.0 Å². The Hall–Kier alpha value is -1.73. The third-order valence-electron chi connectivity index (χ3n) is 2.41. The van der Waals surface area contributed by atoms with E-state index in [1.165, 1.54) is 24.3 Å². The lowest BCUT2D eigenvalue weighted by Gasteiger charge is -2.03. The minimum atomic E-state index is -3.75. The molecule has 2 rings (SSSR count).